The smallest absolute Gasteiger partial charge is 0.313 e. The van der Waals surface area contributed by atoms with Gasteiger partial charge in [-0.05, 0) is 18.6 Å². The first-order valence-electron chi connectivity index (χ1n) is 4.91. The van der Waals surface area contributed by atoms with Gasteiger partial charge in [-0.3, -0.25) is 9.89 Å². The topological polar surface area (TPSA) is 59.9 Å². The Hall–Kier alpha value is -1.17. The first-order chi connectivity index (χ1) is 7.15. The summed E-state index contributed by atoms with van der Waals surface area (Å²) in [4.78, 5) is 11.3. The molecule has 0 aliphatic heterocycles. The monoisotopic (exact) mass is 229 g/mol. The van der Waals surface area contributed by atoms with Gasteiger partial charge in [-0.2, -0.15) is 5.10 Å². The molecule has 0 fully saturated rings. The van der Waals surface area contributed by atoms with E-state index in [4.69, 9.17) is 17.0 Å². The third kappa shape index (κ3) is 3.47. The molecule has 1 heterocycles. The summed E-state index contributed by atoms with van der Waals surface area (Å²) in [6.45, 7) is 2.52. The Kier molecular flexibility index (Phi) is 4.48. The van der Waals surface area contributed by atoms with Crippen LogP contribution in [-0.4, -0.2) is 27.3 Å². The second-order valence-corrected chi connectivity index (χ2v) is 3.64. The summed E-state index contributed by atoms with van der Waals surface area (Å²) >= 11 is 4.93. The van der Waals surface area contributed by atoms with Gasteiger partial charge in [0.25, 0.3) is 0 Å². The van der Waals surface area contributed by atoms with Crippen molar-refractivity contribution in [1.82, 2.24) is 14.8 Å². The van der Waals surface area contributed by atoms with Crippen molar-refractivity contribution in [2.45, 2.75) is 26.2 Å². The number of rotatable bonds is 5. The lowest BCUT2D eigenvalue weighted by Crippen LogP contribution is -2.12. The van der Waals surface area contributed by atoms with E-state index in [9.17, 15) is 4.79 Å². The number of hydrogen-bond acceptors (Lipinski definition) is 4. The molecular weight excluding hydrogens is 214 g/mol. The highest BCUT2D eigenvalue weighted by atomic mass is 32.1. The van der Waals surface area contributed by atoms with E-state index >= 15 is 0 Å². The van der Waals surface area contributed by atoms with Gasteiger partial charge in [-0.15, -0.1) is 0 Å². The highest BCUT2D eigenvalue weighted by Gasteiger charge is 2.09. The Balaban J connectivity index is 2.45. The molecule has 0 aliphatic carbocycles. The highest BCUT2D eigenvalue weighted by Crippen LogP contribution is 1.98. The molecular formula is C9H15N3O2S. The molecule has 15 heavy (non-hydrogen) atoms. The van der Waals surface area contributed by atoms with Gasteiger partial charge in [-0.1, -0.05) is 13.3 Å². The third-order valence-corrected chi connectivity index (χ3v) is 2.40. The van der Waals surface area contributed by atoms with E-state index in [2.05, 4.69) is 10.2 Å². The summed E-state index contributed by atoms with van der Waals surface area (Å²) in [6.07, 6.45) is 2.07. The van der Waals surface area contributed by atoms with Gasteiger partial charge >= 0.3 is 5.97 Å². The average Bonchev–Trinajstić information content (AvgIpc) is 2.50. The van der Waals surface area contributed by atoms with Crippen molar-refractivity contribution in [3.8, 4) is 0 Å². The van der Waals surface area contributed by atoms with Crippen molar-refractivity contribution in [2.24, 2.45) is 7.05 Å². The maximum absolute atomic E-state index is 11.3. The normalized spacial score (nSPS) is 10.3. The number of ether oxygens (including phenoxy) is 1. The summed E-state index contributed by atoms with van der Waals surface area (Å²) in [5.74, 6) is 0.335. The molecule has 1 aromatic heterocycles. The highest BCUT2D eigenvalue weighted by molar-refractivity contribution is 7.71. The van der Waals surface area contributed by atoms with Crippen molar-refractivity contribution in [3.63, 3.8) is 0 Å². The van der Waals surface area contributed by atoms with E-state index < -0.39 is 0 Å². The maximum Gasteiger partial charge on any atom is 0.313 e. The number of aromatic amines is 1. The maximum atomic E-state index is 11.3. The number of nitrogens with one attached hydrogen (secondary N) is 1. The van der Waals surface area contributed by atoms with Crippen LogP contribution in [0.4, 0.5) is 0 Å². The molecule has 0 saturated heterocycles. The second kappa shape index (κ2) is 5.65. The molecule has 5 nitrogen and oxygen atoms in total. The molecule has 0 spiro atoms. The lowest BCUT2D eigenvalue weighted by molar-refractivity contribution is -0.143. The molecule has 6 heteroatoms. The van der Waals surface area contributed by atoms with Crippen LogP contribution in [0.3, 0.4) is 0 Å². The average molecular weight is 229 g/mol. The van der Waals surface area contributed by atoms with E-state index in [0.717, 1.165) is 12.8 Å². The number of carbonyl (C=O) groups excluding carboxylic acids is 1. The zero-order valence-corrected chi connectivity index (χ0v) is 9.76. The van der Waals surface area contributed by atoms with Gasteiger partial charge in [0, 0.05) is 7.05 Å². The van der Waals surface area contributed by atoms with Crippen LogP contribution in [-0.2, 0) is 23.0 Å². The predicted molar refractivity (Wildman–Crippen MR) is 58.0 cm³/mol. The Morgan fingerprint density at radius 3 is 2.93 bits per heavy atom. The molecule has 0 saturated carbocycles. The fraction of sp³-hybridized carbons (Fsp3) is 0.667. The van der Waals surface area contributed by atoms with Crippen molar-refractivity contribution in [3.05, 3.63) is 10.6 Å². The quantitative estimate of drug-likeness (QED) is 0.470. The van der Waals surface area contributed by atoms with E-state index in [0.29, 0.717) is 17.2 Å². The van der Waals surface area contributed by atoms with E-state index in [1.807, 2.05) is 6.92 Å². The number of nitrogens with zero attached hydrogens (tertiary/aromatic N) is 2. The zero-order valence-electron chi connectivity index (χ0n) is 8.95. The zero-order chi connectivity index (χ0) is 11.3. The Morgan fingerprint density at radius 2 is 2.40 bits per heavy atom. The summed E-state index contributed by atoms with van der Waals surface area (Å²) in [6, 6.07) is 0. The minimum Gasteiger partial charge on any atom is -0.465 e. The first kappa shape index (κ1) is 11.9. The van der Waals surface area contributed by atoms with Crippen LogP contribution < -0.4 is 0 Å². The lowest BCUT2D eigenvalue weighted by Gasteiger charge is -2.02. The number of carbonyl (C=O) groups is 1. The summed E-state index contributed by atoms with van der Waals surface area (Å²) in [5.41, 5.74) is 0. The second-order valence-electron chi connectivity index (χ2n) is 3.25. The van der Waals surface area contributed by atoms with E-state index in [1.54, 1.807) is 11.6 Å². The van der Waals surface area contributed by atoms with Crippen LogP contribution in [0.2, 0.25) is 0 Å². The van der Waals surface area contributed by atoms with Crippen molar-refractivity contribution in [1.29, 1.82) is 0 Å². The number of hydrogen-bond donors (Lipinski definition) is 1. The summed E-state index contributed by atoms with van der Waals surface area (Å²) in [5, 5.41) is 6.55. The van der Waals surface area contributed by atoms with Gasteiger partial charge in [0.15, 0.2) is 4.77 Å². The standard InChI is InChI=1S/C9H15N3O2S/c1-3-4-5-14-8(13)6-7-10-11-9(15)12(7)2/h3-6H2,1-2H3,(H,11,15). The minimum absolute atomic E-state index is 0.160. The molecule has 0 aliphatic rings. The lowest BCUT2D eigenvalue weighted by atomic mass is 10.3. The third-order valence-electron chi connectivity index (χ3n) is 2.04. The van der Waals surface area contributed by atoms with Crippen LogP contribution in [0.15, 0.2) is 0 Å². The largest absolute Gasteiger partial charge is 0.465 e. The fourth-order valence-electron chi connectivity index (χ4n) is 1.05. The molecule has 0 atom stereocenters. The molecule has 0 unspecified atom stereocenters. The molecule has 1 aromatic rings. The Morgan fingerprint density at radius 1 is 1.67 bits per heavy atom. The number of unbranched alkanes of at least 4 members (excludes halogenated alkanes) is 1. The molecule has 1 rings (SSSR count). The van der Waals surface area contributed by atoms with Crippen molar-refractivity contribution >= 4 is 18.2 Å². The minimum atomic E-state index is -0.263. The molecule has 0 amide bonds. The van der Waals surface area contributed by atoms with Gasteiger partial charge < -0.3 is 9.30 Å². The Bertz CT molecular complexity index is 383. The van der Waals surface area contributed by atoms with Crippen LogP contribution in [0.5, 0.6) is 0 Å². The summed E-state index contributed by atoms with van der Waals surface area (Å²) < 4.78 is 7.18. The molecule has 0 aromatic carbocycles. The Labute approximate surface area is 93.4 Å². The molecule has 1 N–H and O–H groups in total. The number of esters is 1. The van der Waals surface area contributed by atoms with Crippen molar-refractivity contribution in [2.75, 3.05) is 6.61 Å². The van der Waals surface area contributed by atoms with Crippen LogP contribution in [0.1, 0.15) is 25.6 Å². The van der Waals surface area contributed by atoms with Gasteiger partial charge in [0.05, 0.1) is 6.61 Å². The van der Waals surface area contributed by atoms with E-state index in [-0.39, 0.29) is 12.4 Å². The molecule has 0 bridgehead atoms. The van der Waals surface area contributed by atoms with Gasteiger partial charge in [-0.25, -0.2) is 0 Å². The summed E-state index contributed by atoms with van der Waals surface area (Å²) in [7, 11) is 1.76. The predicted octanol–water partition coefficient (Wildman–Crippen LogP) is 1.36. The van der Waals surface area contributed by atoms with Gasteiger partial charge in [0.2, 0.25) is 0 Å². The van der Waals surface area contributed by atoms with E-state index in [1.165, 1.54) is 0 Å². The van der Waals surface area contributed by atoms with Crippen LogP contribution in [0.25, 0.3) is 0 Å². The fourth-order valence-corrected chi connectivity index (χ4v) is 1.20. The first-order valence-corrected chi connectivity index (χ1v) is 5.32. The number of H-pyrrole nitrogens is 1. The van der Waals surface area contributed by atoms with Crippen LogP contribution >= 0.6 is 12.2 Å². The van der Waals surface area contributed by atoms with Gasteiger partial charge in [0.1, 0.15) is 12.2 Å². The molecule has 0 radical (unpaired) electrons. The number of aromatic nitrogens is 3. The SMILES string of the molecule is CCCCOC(=O)Cc1n[nH]c(=S)n1C. The van der Waals surface area contributed by atoms with Crippen LogP contribution in [0, 0.1) is 4.77 Å². The van der Waals surface area contributed by atoms with Crippen molar-refractivity contribution < 1.29 is 9.53 Å². The molecule has 84 valence electrons.